The van der Waals surface area contributed by atoms with E-state index in [2.05, 4.69) is 5.16 Å². The van der Waals surface area contributed by atoms with Gasteiger partial charge in [0.05, 0.1) is 19.6 Å². The monoisotopic (exact) mass is 290 g/mol. The predicted octanol–water partition coefficient (Wildman–Crippen LogP) is 0.682. The molecule has 0 saturated carbocycles. The highest BCUT2D eigenvalue weighted by Gasteiger charge is 2.33. The maximum Gasteiger partial charge on any atom is 0.328 e. The highest BCUT2D eigenvalue weighted by molar-refractivity contribution is 5.89. The van der Waals surface area contributed by atoms with Crippen molar-refractivity contribution in [2.45, 2.75) is 12.5 Å². The average Bonchev–Trinajstić information content (AvgIpc) is 2.90. The summed E-state index contributed by atoms with van der Waals surface area (Å²) in [5.41, 5.74) is 1.13. The SMILES string of the molecule is O=C(O)[C@H]1COCCN1C(=O)Cc1noc2ccccc12. The first kappa shape index (κ1) is 13.6. The van der Waals surface area contributed by atoms with Crippen molar-refractivity contribution in [3.05, 3.63) is 30.0 Å². The topological polar surface area (TPSA) is 92.9 Å². The smallest absolute Gasteiger partial charge is 0.328 e. The molecule has 1 saturated heterocycles. The van der Waals surface area contributed by atoms with Crippen LogP contribution in [0, 0.1) is 0 Å². The predicted molar refractivity (Wildman–Crippen MR) is 71.7 cm³/mol. The summed E-state index contributed by atoms with van der Waals surface area (Å²) in [6.45, 7) is 0.626. The summed E-state index contributed by atoms with van der Waals surface area (Å²) in [6.07, 6.45) is 0.0147. The van der Waals surface area contributed by atoms with Gasteiger partial charge in [-0.25, -0.2) is 4.79 Å². The van der Waals surface area contributed by atoms with Gasteiger partial charge < -0.3 is 19.3 Å². The molecule has 2 aromatic rings. The van der Waals surface area contributed by atoms with Crippen LogP contribution in [0.5, 0.6) is 0 Å². The molecule has 0 radical (unpaired) electrons. The van der Waals surface area contributed by atoms with E-state index in [1.54, 1.807) is 6.07 Å². The first-order valence-corrected chi connectivity index (χ1v) is 6.60. The molecular formula is C14H14N2O5. The van der Waals surface area contributed by atoms with Gasteiger partial charge in [0.15, 0.2) is 11.6 Å². The molecule has 0 bridgehead atoms. The van der Waals surface area contributed by atoms with E-state index in [0.29, 0.717) is 17.9 Å². The van der Waals surface area contributed by atoms with Crippen LogP contribution in [0.4, 0.5) is 0 Å². The number of aromatic nitrogens is 1. The van der Waals surface area contributed by atoms with Crippen LogP contribution in [0.25, 0.3) is 11.0 Å². The summed E-state index contributed by atoms with van der Waals surface area (Å²) in [6, 6.07) is 6.31. The highest BCUT2D eigenvalue weighted by atomic mass is 16.5. The Labute approximate surface area is 120 Å². The molecule has 1 fully saturated rings. The number of morpholine rings is 1. The maximum atomic E-state index is 12.3. The molecule has 1 aliphatic heterocycles. The number of hydrogen-bond acceptors (Lipinski definition) is 5. The molecule has 0 spiro atoms. The van der Waals surface area contributed by atoms with Crippen LogP contribution >= 0.6 is 0 Å². The Morgan fingerprint density at radius 2 is 2.19 bits per heavy atom. The van der Waals surface area contributed by atoms with Gasteiger partial charge >= 0.3 is 5.97 Å². The number of aliphatic carboxylic acids is 1. The fourth-order valence-electron chi connectivity index (χ4n) is 2.42. The normalized spacial score (nSPS) is 18.9. The molecule has 1 aromatic heterocycles. The molecule has 3 rings (SSSR count). The first-order chi connectivity index (χ1) is 10.2. The van der Waals surface area contributed by atoms with Crippen molar-refractivity contribution < 1.29 is 24.0 Å². The Kier molecular flexibility index (Phi) is 3.57. The van der Waals surface area contributed by atoms with Crippen molar-refractivity contribution in [3.8, 4) is 0 Å². The molecule has 0 unspecified atom stereocenters. The van der Waals surface area contributed by atoms with Crippen LogP contribution in [0.3, 0.4) is 0 Å². The number of hydrogen-bond donors (Lipinski definition) is 1. The van der Waals surface area contributed by atoms with Crippen molar-refractivity contribution in [3.63, 3.8) is 0 Å². The third-order valence-corrected chi connectivity index (χ3v) is 3.50. The molecule has 2 heterocycles. The minimum atomic E-state index is -1.06. The van der Waals surface area contributed by atoms with Crippen molar-refractivity contribution in [2.75, 3.05) is 19.8 Å². The van der Waals surface area contributed by atoms with Crippen molar-refractivity contribution >= 4 is 22.8 Å². The van der Waals surface area contributed by atoms with Crippen LogP contribution in [-0.4, -0.2) is 52.8 Å². The summed E-state index contributed by atoms with van der Waals surface area (Å²) < 4.78 is 10.3. The third-order valence-electron chi connectivity index (χ3n) is 3.50. The summed E-state index contributed by atoms with van der Waals surface area (Å²) in [5.74, 6) is -1.35. The Balaban J connectivity index is 1.80. The molecule has 0 aliphatic carbocycles. The number of carboxylic acids is 1. The van der Waals surface area contributed by atoms with Gasteiger partial charge in [0.2, 0.25) is 5.91 Å². The van der Waals surface area contributed by atoms with Crippen molar-refractivity contribution in [2.24, 2.45) is 0 Å². The summed E-state index contributed by atoms with van der Waals surface area (Å²) in [5, 5.41) is 13.8. The molecule has 1 aromatic carbocycles. The maximum absolute atomic E-state index is 12.3. The molecule has 1 amide bonds. The van der Waals surface area contributed by atoms with E-state index in [4.69, 9.17) is 14.4 Å². The van der Waals surface area contributed by atoms with Gasteiger partial charge in [-0.2, -0.15) is 0 Å². The second-order valence-electron chi connectivity index (χ2n) is 4.82. The van der Waals surface area contributed by atoms with Gasteiger partial charge in [-0.3, -0.25) is 4.79 Å². The number of ether oxygens (including phenoxy) is 1. The number of amides is 1. The largest absolute Gasteiger partial charge is 0.480 e. The van der Waals surface area contributed by atoms with Crippen LogP contribution in [0.1, 0.15) is 5.69 Å². The standard InChI is InChI=1S/C14H14N2O5/c17-13(16-5-6-20-8-11(16)14(18)19)7-10-9-3-1-2-4-12(9)21-15-10/h1-4,11H,5-8H2,(H,18,19)/t11-/m1/s1. The van der Waals surface area contributed by atoms with Gasteiger partial charge in [0.25, 0.3) is 0 Å². The molecule has 110 valence electrons. The number of carboxylic acid groups (broad SMARTS) is 1. The molecule has 7 nitrogen and oxygen atoms in total. The fraction of sp³-hybridized carbons (Fsp3) is 0.357. The van der Waals surface area contributed by atoms with E-state index in [9.17, 15) is 9.59 Å². The summed E-state index contributed by atoms with van der Waals surface area (Å²) in [7, 11) is 0. The first-order valence-electron chi connectivity index (χ1n) is 6.60. The average molecular weight is 290 g/mol. The molecule has 7 heteroatoms. The van der Waals surface area contributed by atoms with E-state index < -0.39 is 12.0 Å². The number of carbonyl (C=O) groups excluding carboxylic acids is 1. The number of nitrogens with zero attached hydrogens (tertiary/aromatic N) is 2. The second-order valence-corrected chi connectivity index (χ2v) is 4.82. The van der Waals surface area contributed by atoms with E-state index in [-0.39, 0.29) is 25.5 Å². The van der Waals surface area contributed by atoms with Gasteiger partial charge in [0.1, 0.15) is 5.69 Å². The van der Waals surface area contributed by atoms with Gasteiger partial charge in [-0.05, 0) is 12.1 Å². The van der Waals surface area contributed by atoms with E-state index in [1.165, 1.54) is 4.90 Å². The lowest BCUT2D eigenvalue weighted by molar-refractivity contribution is -0.158. The molecular weight excluding hydrogens is 276 g/mol. The highest BCUT2D eigenvalue weighted by Crippen LogP contribution is 2.19. The molecule has 21 heavy (non-hydrogen) atoms. The Morgan fingerprint density at radius 1 is 1.38 bits per heavy atom. The minimum absolute atomic E-state index is 0.0145. The van der Waals surface area contributed by atoms with Gasteiger partial charge in [-0.15, -0.1) is 0 Å². The van der Waals surface area contributed by atoms with Gasteiger partial charge in [0, 0.05) is 11.9 Å². The number of fused-ring (bicyclic) bond motifs is 1. The van der Waals surface area contributed by atoms with Crippen LogP contribution in [0.2, 0.25) is 0 Å². The third kappa shape index (κ3) is 2.59. The molecule has 1 atom stereocenters. The summed E-state index contributed by atoms with van der Waals surface area (Å²) >= 11 is 0. The number of benzene rings is 1. The zero-order valence-corrected chi connectivity index (χ0v) is 11.2. The van der Waals surface area contributed by atoms with Gasteiger partial charge in [-0.1, -0.05) is 17.3 Å². The van der Waals surface area contributed by atoms with E-state index in [0.717, 1.165) is 5.39 Å². The number of carbonyl (C=O) groups is 2. The quantitative estimate of drug-likeness (QED) is 0.893. The Hall–Kier alpha value is -2.41. The summed E-state index contributed by atoms with van der Waals surface area (Å²) in [4.78, 5) is 24.9. The van der Waals surface area contributed by atoms with E-state index >= 15 is 0 Å². The van der Waals surface area contributed by atoms with Crippen LogP contribution in [-0.2, 0) is 20.7 Å². The lowest BCUT2D eigenvalue weighted by Crippen LogP contribution is -2.53. The zero-order chi connectivity index (χ0) is 14.8. The number of rotatable bonds is 3. The lowest BCUT2D eigenvalue weighted by Gasteiger charge is -2.32. The number of para-hydroxylation sites is 1. The molecule has 1 aliphatic rings. The Morgan fingerprint density at radius 3 is 3.00 bits per heavy atom. The van der Waals surface area contributed by atoms with E-state index in [1.807, 2.05) is 18.2 Å². The lowest BCUT2D eigenvalue weighted by atomic mass is 10.1. The minimum Gasteiger partial charge on any atom is -0.480 e. The van der Waals surface area contributed by atoms with Crippen LogP contribution < -0.4 is 0 Å². The van der Waals surface area contributed by atoms with Crippen LogP contribution in [0.15, 0.2) is 28.8 Å². The van der Waals surface area contributed by atoms with Crippen molar-refractivity contribution in [1.29, 1.82) is 0 Å². The second kappa shape index (κ2) is 5.53. The Bertz CT molecular complexity index is 681. The van der Waals surface area contributed by atoms with Crippen molar-refractivity contribution in [1.82, 2.24) is 10.1 Å². The fourth-order valence-corrected chi connectivity index (χ4v) is 2.42. The molecule has 1 N–H and O–H groups in total. The zero-order valence-electron chi connectivity index (χ0n) is 11.2.